The van der Waals surface area contributed by atoms with E-state index in [1.165, 1.54) is 19.3 Å². The molecular weight excluding hydrogens is 260 g/mol. The van der Waals surface area contributed by atoms with Crippen LogP contribution in [0.3, 0.4) is 0 Å². The quantitative estimate of drug-likeness (QED) is 0.627. The molecule has 0 fully saturated rings. The predicted octanol–water partition coefficient (Wildman–Crippen LogP) is 4.41. The molecule has 0 aliphatic heterocycles. The van der Waals surface area contributed by atoms with E-state index in [2.05, 4.69) is 55.2 Å². The van der Waals surface area contributed by atoms with Crippen LogP contribution in [0.4, 0.5) is 11.6 Å². The number of hydrogen-bond donors (Lipinski definition) is 2. The molecule has 1 rings (SSSR count). The zero-order chi connectivity index (χ0) is 15.7. The first-order valence-electron chi connectivity index (χ1n) is 8.43. The minimum Gasteiger partial charge on any atom is -0.370 e. The monoisotopic (exact) mass is 292 g/mol. The number of anilines is 2. The van der Waals surface area contributed by atoms with Gasteiger partial charge in [0.2, 0.25) is 0 Å². The number of aryl methyl sites for hydroxylation is 1. The molecule has 0 saturated carbocycles. The molecule has 2 N–H and O–H groups in total. The van der Waals surface area contributed by atoms with Crippen LogP contribution in [0, 0.1) is 12.8 Å². The fraction of sp³-hybridized carbons (Fsp3) is 0.765. The molecule has 0 aromatic carbocycles. The van der Waals surface area contributed by atoms with E-state index in [1.54, 1.807) is 0 Å². The van der Waals surface area contributed by atoms with Crippen molar-refractivity contribution < 1.29 is 0 Å². The molecule has 120 valence electrons. The highest BCUT2D eigenvalue weighted by molar-refractivity contribution is 5.57. The second kappa shape index (κ2) is 9.59. The normalized spacial score (nSPS) is 11.0. The second-order valence-electron chi connectivity index (χ2n) is 6.06. The van der Waals surface area contributed by atoms with Gasteiger partial charge in [0.15, 0.2) is 0 Å². The summed E-state index contributed by atoms with van der Waals surface area (Å²) in [6.45, 7) is 12.8. The Morgan fingerprint density at radius 3 is 2.24 bits per heavy atom. The molecule has 1 aromatic heterocycles. The highest BCUT2D eigenvalue weighted by Gasteiger charge is 2.09. The molecule has 0 aliphatic rings. The molecule has 21 heavy (non-hydrogen) atoms. The lowest BCUT2D eigenvalue weighted by Crippen LogP contribution is -2.12. The Balaban J connectivity index is 2.65. The summed E-state index contributed by atoms with van der Waals surface area (Å²) in [5.41, 5.74) is 1.13. The van der Waals surface area contributed by atoms with Crippen molar-refractivity contribution >= 4 is 11.6 Å². The average Bonchev–Trinajstić information content (AvgIpc) is 2.43. The smallest absolute Gasteiger partial charge is 0.134 e. The Bertz CT molecular complexity index is 415. The number of rotatable bonds is 10. The zero-order valence-corrected chi connectivity index (χ0v) is 14.4. The summed E-state index contributed by atoms with van der Waals surface area (Å²) in [6, 6.07) is 0. The summed E-state index contributed by atoms with van der Waals surface area (Å²) in [5, 5.41) is 6.83. The first kappa shape index (κ1) is 17.7. The predicted molar refractivity (Wildman–Crippen MR) is 92.1 cm³/mol. The second-order valence-corrected chi connectivity index (χ2v) is 6.06. The van der Waals surface area contributed by atoms with Gasteiger partial charge in [-0.25, -0.2) is 9.97 Å². The number of aromatic nitrogens is 2. The Kier molecular flexibility index (Phi) is 8.09. The van der Waals surface area contributed by atoms with Crippen molar-refractivity contribution in [3.8, 4) is 0 Å². The van der Waals surface area contributed by atoms with Gasteiger partial charge in [0.05, 0.1) is 0 Å². The van der Waals surface area contributed by atoms with Crippen molar-refractivity contribution in [1.82, 2.24) is 9.97 Å². The van der Waals surface area contributed by atoms with Gasteiger partial charge in [-0.15, -0.1) is 0 Å². The van der Waals surface area contributed by atoms with Gasteiger partial charge in [0, 0.05) is 25.1 Å². The standard InChI is InChI=1S/C17H32N4/c1-6-10-15-20-16(18-7-2)14(5)17(21-15)19-12-9-8-11-13(3)4/h13H,6-12H2,1-5H3,(H2,18,19,20,21). The molecule has 1 aromatic rings. The van der Waals surface area contributed by atoms with Crippen LogP contribution in [0.25, 0.3) is 0 Å². The Hall–Kier alpha value is -1.32. The highest BCUT2D eigenvalue weighted by atomic mass is 15.1. The molecule has 0 unspecified atom stereocenters. The highest BCUT2D eigenvalue weighted by Crippen LogP contribution is 2.20. The van der Waals surface area contributed by atoms with E-state index in [1.807, 2.05) is 0 Å². The summed E-state index contributed by atoms with van der Waals surface area (Å²) in [6.07, 6.45) is 5.77. The zero-order valence-electron chi connectivity index (χ0n) is 14.4. The lowest BCUT2D eigenvalue weighted by Gasteiger charge is -2.14. The molecule has 0 atom stereocenters. The minimum absolute atomic E-state index is 0.794. The van der Waals surface area contributed by atoms with Crippen LogP contribution in [0.1, 0.15) is 64.8 Å². The third-order valence-electron chi connectivity index (χ3n) is 3.51. The molecule has 4 heteroatoms. The first-order chi connectivity index (χ1) is 10.1. The fourth-order valence-electron chi connectivity index (χ4n) is 2.29. The third-order valence-corrected chi connectivity index (χ3v) is 3.51. The van der Waals surface area contributed by atoms with Gasteiger partial charge < -0.3 is 10.6 Å². The van der Waals surface area contributed by atoms with Crippen LogP contribution in [-0.2, 0) is 6.42 Å². The van der Waals surface area contributed by atoms with Crippen LogP contribution in [0.5, 0.6) is 0 Å². The maximum absolute atomic E-state index is 4.68. The number of nitrogens with zero attached hydrogens (tertiary/aromatic N) is 2. The summed E-state index contributed by atoms with van der Waals surface area (Å²) < 4.78 is 0. The maximum atomic E-state index is 4.68. The molecule has 1 heterocycles. The van der Waals surface area contributed by atoms with Gasteiger partial charge in [-0.2, -0.15) is 0 Å². The van der Waals surface area contributed by atoms with E-state index < -0.39 is 0 Å². The SMILES string of the molecule is CCCc1nc(NCC)c(C)c(NCCCCC(C)C)n1. The Morgan fingerprint density at radius 2 is 1.67 bits per heavy atom. The number of nitrogens with one attached hydrogen (secondary N) is 2. The van der Waals surface area contributed by atoms with Crippen molar-refractivity contribution in [2.45, 2.75) is 66.7 Å². The fourth-order valence-corrected chi connectivity index (χ4v) is 2.29. The topological polar surface area (TPSA) is 49.8 Å². The van der Waals surface area contributed by atoms with Crippen molar-refractivity contribution in [2.75, 3.05) is 23.7 Å². The summed E-state index contributed by atoms with van der Waals surface area (Å²) in [5.74, 6) is 3.70. The van der Waals surface area contributed by atoms with Gasteiger partial charge in [0.25, 0.3) is 0 Å². The van der Waals surface area contributed by atoms with Crippen LogP contribution in [0.15, 0.2) is 0 Å². The molecule has 4 nitrogen and oxygen atoms in total. The van der Waals surface area contributed by atoms with Gasteiger partial charge in [-0.1, -0.05) is 33.6 Å². The van der Waals surface area contributed by atoms with E-state index >= 15 is 0 Å². The van der Waals surface area contributed by atoms with Crippen LogP contribution >= 0.6 is 0 Å². The summed E-state index contributed by atoms with van der Waals surface area (Å²) in [4.78, 5) is 9.29. The summed E-state index contributed by atoms with van der Waals surface area (Å²) >= 11 is 0. The van der Waals surface area contributed by atoms with E-state index in [0.29, 0.717) is 0 Å². The molecule has 0 aliphatic carbocycles. The van der Waals surface area contributed by atoms with Crippen LogP contribution < -0.4 is 10.6 Å². The van der Waals surface area contributed by atoms with Crippen molar-refractivity contribution in [3.05, 3.63) is 11.4 Å². The largest absolute Gasteiger partial charge is 0.370 e. The lowest BCUT2D eigenvalue weighted by molar-refractivity contribution is 0.544. The first-order valence-corrected chi connectivity index (χ1v) is 8.43. The minimum atomic E-state index is 0.794. The number of unbranched alkanes of at least 4 members (excludes halogenated alkanes) is 1. The van der Waals surface area contributed by atoms with E-state index in [-0.39, 0.29) is 0 Å². The lowest BCUT2D eigenvalue weighted by atomic mass is 10.1. The Morgan fingerprint density at radius 1 is 1.00 bits per heavy atom. The van der Waals surface area contributed by atoms with Crippen molar-refractivity contribution in [2.24, 2.45) is 5.92 Å². The van der Waals surface area contributed by atoms with E-state index in [4.69, 9.17) is 0 Å². The Labute approximate surface area is 130 Å². The summed E-state index contributed by atoms with van der Waals surface area (Å²) in [7, 11) is 0. The van der Waals surface area contributed by atoms with Gasteiger partial charge in [-0.05, 0) is 32.6 Å². The van der Waals surface area contributed by atoms with Gasteiger partial charge in [0.1, 0.15) is 17.5 Å². The van der Waals surface area contributed by atoms with Gasteiger partial charge >= 0.3 is 0 Å². The average molecular weight is 292 g/mol. The maximum Gasteiger partial charge on any atom is 0.134 e. The third kappa shape index (κ3) is 6.32. The van der Waals surface area contributed by atoms with E-state index in [9.17, 15) is 0 Å². The molecule has 0 saturated heterocycles. The van der Waals surface area contributed by atoms with Crippen molar-refractivity contribution in [3.63, 3.8) is 0 Å². The molecule has 0 spiro atoms. The van der Waals surface area contributed by atoms with E-state index in [0.717, 1.165) is 54.9 Å². The van der Waals surface area contributed by atoms with Crippen molar-refractivity contribution in [1.29, 1.82) is 0 Å². The van der Waals surface area contributed by atoms with Gasteiger partial charge in [-0.3, -0.25) is 0 Å². The van der Waals surface area contributed by atoms with Crippen LogP contribution in [0.2, 0.25) is 0 Å². The molecule has 0 amide bonds. The molecule has 0 radical (unpaired) electrons. The molecular formula is C17H32N4. The van der Waals surface area contributed by atoms with Crippen LogP contribution in [-0.4, -0.2) is 23.1 Å². The molecule has 0 bridgehead atoms. The number of hydrogen-bond acceptors (Lipinski definition) is 4.